The lowest BCUT2D eigenvalue weighted by atomic mass is 9.89. The molecule has 0 heterocycles. The molecule has 0 saturated heterocycles. The van der Waals surface area contributed by atoms with Crippen molar-refractivity contribution in [1.29, 1.82) is 0 Å². The molecular weight excluding hydrogens is 288 g/mol. The maximum atomic E-state index is 10.6. The molecule has 134 valence electrons. The molecule has 0 unspecified atom stereocenters. The van der Waals surface area contributed by atoms with Crippen LogP contribution < -0.4 is 11.5 Å². The van der Waals surface area contributed by atoms with Crippen LogP contribution in [0.3, 0.4) is 0 Å². The van der Waals surface area contributed by atoms with Gasteiger partial charge in [-0.2, -0.15) is 0 Å². The summed E-state index contributed by atoms with van der Waals surface area (Å²) in [7, 11) is 0. The molecule has 3 fully saturated rings. The Balaban J connectivity index is 0.000000180. The number of carbonyl (C=O) groups is 2. The van der Waals surface area contributed by atoms with Crippen LogP contribution in [0.15, 0.2) is 0 Å². The first-order valence-corrected chi connectivity index (χ1v) is 9.70. The van der Waals surface area contributed by atoms with Gasteiger partial charge in [0, 0.05) is 11.8 Å². The highest BCUT2D eigenvalue weighted by atomic mass is 16.1. The molecule has 23 heavy (non-hydrogen) atoms. The largest absolute Gasteiger partial charge is 0.369 e. The van der Waals surface area contributed by atoms with Gasteiger partial charge >= 0.3 is 0 Å². The van der Waals surface area contributed by atoms with E-state index in [1.165, 1.54) is 70.6 Å². The van der Waals surface area contributed by atoms with Crippen LogP contribution in [0.4, 0.5) is 0 Å². The monoisotopic (exact) mass is 324 g/mol. The highest BCUT2D eigenvalue weighted by Gasteiger charge is 2.18. The van der Waals surface area contributed by atoms with Crippen molar-refractivity contribution >= 4 is 11.8 Å². The standard InChI is InChI=1S/2C7H13NO.C5H10/c2*8-7(9)6-4-2-1-3-5-6;1-2-4-5-3-1/h2*6H,1-5H2,(H2,8,9);1-5H2. The lowest BCUT2D eigenvalue weighted by Gasteiger charge is -2.17. The van der Waals surface area contributed by atoms with E-state index < -0.39 is 0 Å². The number of hydrogen-bond donors (Lipinski definition) is 2. The van der Waals surface area contributed by atoms with E-state index >= 15 is 0 Å². The predicted octanol–water partition coefficient (Wildman–Crippen LogP) is 4.05. The average Bonchev–Trinajstić information content (AvgIpc) is 3.17. The summed E-state index contributed by atoms with van der Waals surface area (Å²) >= 11 is 0. The zero-order valence-corrected chi connectivity index (χ0v) is 14.7. The summed E-state index contributed by atoms with van der Waals surface area (Å²) in [6.07, 6.45) is 18.9. The number of rotatable bonds is 2. The molecular formula is C19H36N2O2. The van der Waals surface area contributed by atoms with E-state index in [0.29, 0.717) is 0 Å². The van der Waals surface area contributed by atoms with Crippen molar-refractivity contribution in [2.24, 2.45) is 23.3 Å². The second-order valence-corrected chi connectivity index (χ2v) is 7.24. The van der Waals surface area contributed by atoms with E-state index in [0.717, 1.165) is 25.7 Å². The summed E-state index contributed by atoms with van der Waals surface area (Å²) in [4.78, 5) is 21.2. The summed E-state index contributed by atoms with van der Waals surface area (Å²) < 4.78 is 0. The minimum atomic E-state index is -0.102. The summed E-state index contributed by atoms with van der Waals surface area (Å²) in [5.74, 6) is 0.182. The molecule has 0 atom stereocenters. The molecule has 4 N–H and O–H groups in total. The third-order valence-corrected chi connectivity index (χ3v) is 5.27. The highest BCUT2D eigenvalue weighted by Crippen LogP contribution is 2.23. The van der Waals surface area contributed by atoms with Crippen LogP contribution >= 0.6 is 0 Å². The second-order valence-electron chi connectivity index (χ2n) is 7.24. The first-order valence-electron chi connectivity index (χ1n) is 9.70. The molecule has 4 nitrogen and oxygen atoms in total. The van der Waals surface area contributed by atoms with E-state index in [9.17, 15) is 9.59 Å². The Morgan fingerprint density at radius 1 is 0.478 bits per heavy atom. The second kappa shape index (κ2) is 12.4. The van der Waals surface area contributed by atoms with Gasteiger partial charge in [-0.25, -0.2) is 0 Å². The fourth-order valence-corrected chi connectivity index (χ4v) is 3.66. The van der Waals surface area contributed by atoms with E-state index in [-0.39, 0.29) is 23.7 Å². The minimum absolute atomic E-state index is 0.102. The molecule has 3 saturated carbocycles. The first-order chi connectivity index (χ1) is 11.1. The molecule has 3 aliphatic rings. The number of amides is 2. The van der Waals surface area contributed by atoms with Crippen molar-refractivity contribution < 1.29 is 9.59 Å². The molecule has 0 aromatic carbocycles. The van der Waals surface area contributed by atoms with Gasteiger partial charge in [-0.05, 0) is 25.7 Å². The smallest absolute Gasteiger partial charge is 0.220 e. The van der Waals surface area contributed by atoms with E-state index in [1.54, 1.807) is 0 Å². The quantitative estimate of drug-likeness (QED) is 0.802. The predicted molar refractivity (Wildman–Crippen MR) is 94.6 cm³/mol. The van der Waals surface area contributed by atoms with Gasteiger partial charge in [-0.15, -0.1) is 0 Å². The number of carbonyl (C=O) groups excluding carboxylic acids is 2. The Bertz CT molecular complexity index is 293. The number of primary amides is 2. The maximum absolute atomic E-state index is 10.6. The molecule has 0 bridgehead atoms. The maximum Gasteiger partial charge on any atom is 0.220 e. The van der Waals surface area contributed by atoms with E-state index in [4.69, 9.17) is 11.5 Å². The van der Waals surface area contributed by atoms with E-state index in [1.807, 2.05) is 0 Å². The van der Waals surface area contributed by atoms with Crippen molar-refractivity contribution in [3.63, 3.8) is 0 Å². The average molecular weight is 325 g/mol. The Hall–Kier alpha value is -1.06. The molecule has 3 rings (SSSR count). The van der Waals surface area contributed by atoms with Gasteiger partial charge in [0.05, 0.1) is 0 Å². The SMILES string of the molecule is C1CCCC1.NC(=O)C1CCCCC1.NC(=O)C1CCCCC1. The molecule has 3 aliphatic carbocycles. The van der Waals surface area contributed by atoms with Gasteiger partial charge in [0.25, 0.3) is 0 Å². The number of nitrogens with two attached hydrogens (primary N) is 2. The van der Waals surface area contributed by atoms with Crippen molar-refractivity contribution in [3.8, 4) is 0 Å². The van der Waals surface area contributed by atoms with Crippen molar-refractivity contribution in [1.82, 2.24) is 0 Å². The normalized spacial score (nSPS) is 22.3. The topological polar surface area (TPSA) is 86.2 Å². The number of hydrogen-bond acceptors (Lipinski definition) is 2. The fraction of sp³-hybridized carbons (Fsp3) is 0.895. The first kappa shape index (κ1) is 20.0. The third-order valence-electron chi connectivity index (χ3n) is 5.27. The summed E-state index contributed by atoms with van der Waals surface area (Å²) in [6.45, 7) is 0. The highest BCUT2D eigenvalue weighted by molar-refractivity contribution is 5.76. The van der Waals surface area contributed by atoms with Crippen molar-refractivity contribution in [2.45, 2.75) is 96.3 Å². The molecule has 0 spiro atoms. The van der Waals surface area contributed by atoms with Crippen LogP contribution in [0.5, 0.6) is 0 Å². The van der Waals surface area contributed by atoms with Gasteiger partial charge in [0.2, 0.25) is 11.8 Å². The molecule has 0 radical (unpaired) electrons. The van der Waals surface area contributed by atoms with Gasteiger partial charge in [0.1, 0.15) is 0 Å². The third kappa shape index (κ3) is 9.62. The molecule has 2 amide bonds. The zero-order valence-electron chi connectivity index (χ0n) is 14.7. The molecule has 4 heteroatoms. The van der Waals surface area contributed by atoms with Gasteiger partial charge in [-0.1, -0.05) is 70.6 Å². The van der Waals surface area contributed by atoms with Gasteiger partial charge < -0.3 is 11.5 Å². The van der Waals surface area contributed by atoms with Crippen LogP contribution in [0, 0.1) is 11.8 Å². The molecule has 0 aliphatic heterocycles. The Morgan fingerprint density at radius 3 is 0.870 bits per heavy atom. The summed E-state index contributed by atoms with van der Waals surface area (Å²) in [5.41, 5.74) is 10.3. The zero-order chi connectivity index (χ0) is 16.9. The van der Waals surface area contributed by atoms with Crippen LogP contribution in [-0.4, -0.2) is 11.8 Å². The van der Waals surface area contributed by atoms with Crippen LogP contribution in [0.2, 0.25) is 0 Å². The minimum Gasteiger partial charge on any atom is -0.369 e. The Morgan fingerprint density at radius 2 is 0.696 bits per heavy atom. The lowest BCUT2D eigenvalue weighted by Crippen LogP contribution is -2.24. The van der Waals surface area contributed by atoms with Crippen LogP contribution in [0.25, 0.3) is 0 Å². The van der Waals surface area contributed by atoms with Crippen LogP contribution in [0.1, 0.15) is 96.3 Å². The summed E-state index contributed by atoms with van der Waals surface area (Å²) in [5, 5.41) is 0. The fourth-order valence-electron chi connectivity index (χ4n) is 3.66. The molecule has 0 aromatic heterocycles. The van der Waals surface area contributed by atoms with Gasteiger partial charge in [0.15, 0.2) is 0 Å². The van der Waals surface area contributed by atoms with Crippen LogP contribution in [-0.2, 0) is 9.59 Å². The van der Waals surface area contributed by atoms with Crippen molar-refractivity contribution in [3.05, 3.63) is 0 Å². The van der Waals surface area contributed by atoms with Gasteiger partial charge in [-0.3, -0.25) is 9.59 Å². The Kier molecular flexibility index (Phi) is 10.8. The Labute approximate surface area is 141 Å². The summed E-state index contributed by atoms with van der Waals surface area (Å²) in [6, 6.07) is 0. The van der Waals surface area contributed by atoms with Crippen molar-refractivity contribution in [2.75, 3.05) is 0 Å². The lowest BCUT2D eigenvalue weighted by molar-refractivity contribution is -0.123. The molecule has 0 aromatic rings. The van der Waals surface area contributed by atoms with E-state index in [2.05, 4.69) is 0 Å².